The van der Waals surface area contributed by atoms with Crippen molar-refractivity contribution in [1.29, 1.82) is 0 Å². The van der Waals surface area contributed by atoms with Gasteiger partial charge in [-0.05, 0) is 44.5 Å². The summed E-state index contributed by atoms with van der Waals surface area (Å²) in [5, 5.41) is 0. The lowest BCUT2D eigenvalue weighted by molar-refractivity contribution is 0.219. The van der Waals surface area contributed by atoms with Crippen LogP contribution in [-0.4, -0.2) is 42.1 Å². The smallest absolute Gasteiger partial charge is 0.303 e. The first-order valence-electron chi connectivity index (χ1n) is 9.86. The van der Waals surface area contributed by atoms with Gasteiger partial charge in [-0.3, -0.25) is 9.36 Å². The maximum absolute atomic E-state index is 13.1. The molecular formula is C20H28N4O4S. The van der Waals surface area contributed by atoms with E-state index in [1.165, 1.54) is 20.5 Å². The molecule has 8 nitrogen and oxygen atoms in total. The summed E-state index contributed by atoms with van der Waals surface area (Å²) >= 11 is 0. The van der Waals surface area contributed by atoms with E-state index in [1.54, 1.807) is 0 Å². The SMILES string of the molecule is Cn1cc(S(=O)(=O)N[C@H](CCN2CCCCC2)c2ccccc2)c(=O)n(C)c1=O. The molecule has 1 atom stereocenters. The van der Waals surface area contributed by atoms with Gasteiger partial charge in [0.1, 0.15) is 0 Å². The summed E-state index contributed by atoms with van der Waals surface area (Å²) in [6.07, 6.45) is 5.24. The molecule has 0 bridgehead atoms. The van der Waals surface area contributed by atoms with Gasteiger partial charge in [0.15, 0.2) is 4.90 Å². The van der Waals surface area contributed by atoms with E-state index in [-0.39, 0.29) is 0 Å². The fourth-order valence-corrected chi connectivity index (χ4v) is 5.10. The minimum atomic E-state index is -4.11. The quantitative estimate of drug-likeness (QED) is 0.721. The fraction of sp³-hybridized carbons (Fsp3) is 0.500. The Morgan fingerprint density at radius 2 is 1.69 bits per heavy atom. The summed E-state index contributed by atoms with van der Waals surface area (Å²) in [4.78, 5) is 26.2. The molecule has 0 spiro atoms. The van der Waals surface area contributed by atoms with Crippen LogP contribution in [0.5, 0.6) is 0 Å². The molecule has 0 aliphatic carbocycles. The van der Waals surface area contributed by atoms with Gasteiger partial charge in [0.05, 0.1) is 0 Å². The molecule has 1 N–H and O–H groups in total. The maximum atomic E-state index is 13.1. The van der Waals surface area contributed by atoms with Gasteiger partial charge in [0.2, 0.25) is 10.0 Å². The normalized spacial score (nSPS) is 16.6. The van der Waals surface area contributed by atoms with Crippen LogP contribution in [0.15, 0.2) is 51.0 Å². The molecule has 9 heteroatoms. The Morgan fingerprint density at radius 3 is 2.34 bits per heavy atom. The van der Waals surface area contributed by atoms with E-state index in [0.29, 0.717) is 6.42 Å². The molecule has 1 fully saturated rings. The van der Waals surface area contributed by atoms with E-state index in [1.807, 2.05) is 30.3 Å². The molecule has 1 aromatic carbocycles. The standard InChI is InChI=1S/C20H28N4O4S/c1-22-15-18(19(25)23(2)20(22)26)29(27,28)21-17(16-9-5-3-6-10-16)11-14-24-12-7-4-8-13-24/h3,5-6,9-10,15,17,21H,4,7-8,11-14H2,1-2H3/t17-/m1/s1. The third kappa shape index (κ3) is 5.04. The first kappa shape index (κ1) is 21.5. The zero-order valence-electron chi connectivity index (χ0n) is 16.9. The van der Waals surface area contributed by atoms with E-state index in [9.17, 15) is 18.0 Å². The summed E-state index contributed by atoms with van der Waals surface area (Å²) in [5.74, 6) is 0. The van der Waals surface area contributed by atoms with Gasteiger partial charge in [0, 0.05) is 26.3 Å². The molecule has 0 saturated carbocycles. The van der Waals surface area contributed by atoms with Gasteiger partial charge >= 0.3 is 5.69 Å². The zero-order chi connectivity index (χ0) is 21.0. The van der Waals surface area contributed by atoms with E-state index in [0.717, 1.165) is 53.4 Å². The van der Waals surface area contributed by atoms with Crippen molar-refractivity contribution < 1.29 is 8.42 Å². The van der Waals surface area contributed by atoms with Crippen LogP contribution in [0.25, 0.3) is 0 Å². The molecule has 2 heterocycles. The molecular weight excluding hydrogens is 392 g/mol. The third-order valence-electron chi connectivity index (χ3n) is 5.39. The van der Waals surface area contributed by atoms with Gasteiger partial charge in [-0.25, -0.2) is 17.9 Å². The summed E-state index contributed by atoms with van der Waals surface area (Å²) in [6.45, 7) is 2.82. The Hall–Kier alpha value is -2.23. The van der Waals surface area contributed by atoms with Crippen LogP contribution in [0.4, 0.5) is 0 Å². The molecule has 1 aliphatic rings. The maximum Gasteiger partial charge on any atom is 0.330 e. The van der Waals surface area contributed by atoms with Crippen molar-refractivity contribution in [3.05, 3.63) is 62.9 Å². The Balaban J connectivity index is 1.88. The largest absolute Gasteiger partial charge is 0.330 e. The molecule has 1 aromatic heterocycles. The lowest BCUT2D eigenvalue weighted by Gasteiger charge is -2.28. The van der Waals surface area contributed by atoms with Crippen molar-refractivity contribution >= 4 is 10.0 Å². The van der Waals surface area contributed by atoms with Crippen molar-refractivity contribution in [1.82, 2.24) is 18.8 Å². The van der Waals surface area contributed by atoms with Gasteiger partial charge in [-0.1, -0.05) is 36.8 Å². The fourth-order valence-electron chi connectivity index (χ4n) is 3.68. The van der Waals surface area contributed by atoms with Gasteiger partial charge in [-0.2, -0.15) is 0 Å². The lowest BCUT2D eigenvalue weighted by Crippen LogP contribution is -2.42. The molecule has 0 amide bonds. The van der Waals surface area contributed by atoms with Crippen LogP contribution >= 0.6 is 0 Å². The number of sulfonamides is 1. The van der Waals surface area contributed by atoms with Gasteiger partial charge in [-0.15, -0.1) is 0 Å². The molecule has 1 saturated heterocycles. The van der Waals surface area contributed by atoms with E-state index in [2.05, 4.69) is 9.62 Å². The summed E-state index contributed by atoms with van der Waals surface area (Å²) in [5.41, 5.74) is -0.558. The van der Waals surface area contributed by atoms with Crippen LogP contribution in [0.3, 0.4) is 0 Å². The molecule has 158 valence electrons. The van der Waals surface area contributed by atoms with Crippen LogP contribution < -0.4 is 16.0 Å². The summed E-state index contributed by atoms with van der Waals surface area (Å²) in [7, 11) is -1.42. The van der Waals surface area contributed by atoms with Gasteiger partial charge < -0.3 is 9.47 Å². The highest BCUT2D eigenvalue weighted by atomic mass is 32.2. The average Bonchev–Trinajstić information content (AvgIpc) is 2.73. The topological polar surface area (TPSA) is 93.4 Å². The molecule has 1 aliphatic heterocycles. The highest BCUT2D eigenvalue weighted by Gasteiger charge is 2.26. The number of hydrogen-bond donors (Lipinski definition) is 1. The number of piperidine rings is 1. The van der Waals surface area contributed by atoms with Crippen molar-refractivity contribution in [2.45, 2.75) is 36.6 Å². The van der Waals surface area contributed by atoms with E-state index >= 15 is 0 Å². The Bertz CT molecular complexity index is 1050. The van der Waals surface area contributed by atoms with Crippen molar-refractivity contribution in [3.8, 4) is 0 Å². The predicted molar refractivity (Wildman–Crippen MR) is 111 cm³/mol. The molecule has 0 radical (unpaired) electrons. The number of rotatable bonds is 7. The Kier molecular flexibility index (Phi) is 6.71. The number of benzene rings is 1. The first-order valence-corrected chi connectivity index (χ1v) is 11.3. The second-order valence-electron chi connectivity index (χ2n) is 7.53. The highest BCUT2D eigenvalue weighted by molar-refractivity contribution is 7.89. The number of hydrogen-bond acceptors (Lipinski definition) is 5. The minimum absolute atomic E-state index is 0.430. The van der Waals surface area contributed by atoms with Crippen LogP contribution in [0.1, 0.15) is 37.3 Å². The highest BCUT2D eigenvalue weighted by Crippen LogP contribution is 2.21. The van der Waals surface area contributed by atoms with E-state index in [4.69, 9.17) is 0 Å². The number of nitrogens with one attached hydrogen (secondary N) is 1. The minimum Gasteiger partial charge on any atom is -0.303 e. The van der Waals surface area contributed by atoms with Crippen molar-refractivity contribution in [3.63, 3.8) is 0 Å². The van der Waals surface area contributed by atoms with Crippen LogP contribution in [0, 0.1) is 0 Å². The van der Waals surface area contributed by atoms with E-state index < -0.39 is 32.2 Å². The number of nitrogens with zero attached hydrogens (tertiary/aromatic N) is 3. The number of aryl methyl sites for hydroxylation is 1. The zero-order valence-corrected chi connectivity index (χ0v) is 17.7. The van der Waals surface area contributed by atoms with Crippen LogP contribution in [-0.2, 0) is 24.1 Å². The lowest BCUT2D eigenvalue weighted by atomic mass is 10.0. The van der Waals surface area contributed by atoms with Crippen molar-refractivity contribution in [2.75, 3.05) is 19.6 Å². The van der Waals surface area contributed by atoms with Crippen LogP contribution in [0.2, 0.25) is 0 Å². The molecule has 2 aromatic rings. The molecule has 29 heavy (non-hydrogen) atoms. The van der Waals surface area contributed by atoms with Crippen molar-refractivity contribution in [2.24, 2.45) is 14.1 Å². The summed E-state index contributed by atoms with van der Waals surface area (Å²) in [6, 6.07) is 8.89. The average molecular weight is 421 g/mol. The predicted octanol–water partition coefficient (Wildman–Crippen LogP) is 0.980. The summed E-state index contributed by atoms with van der Waals surface area (Å²) < 4.78 is 30.7. The first-order chi connectivity index (χ1) is 13.8. The molecule has 0 unspecified atom stereocenters. The molecule has 3 rings (SSSR count). The van der Waals surface area contributed by atoms with Gasteiger partial charge in [0.25, 0.3) is 5.56 Å². The Labute approximate surface area is 170 Å². The number of aromatic nitrogens is 2. The second-order valence-corrected chi connectivity index (χ2v) is 9.21. The Morgan fingerprint density at radius 1 is 1.03 bits per heavy atom. The monoisotopic (exact) mass is 420 g/mol. The number of likely N-dealkylation sites (tertiary alicyclic amines) is 1. The third-order valence-corrected chi connectivity index (χ3v) is 6.84. The second kappa shape index (κ2) is 9.06.